The van der Waals surface area contributed by atoms with Crippen molar-refractivity contribution in [2.75, 3.05) is 11.5 Å². The lowest BCUT2D eigenvalue weighted by atomic mass is 10.0. The van der Waals surface area contributed by atoms with E-state index in [0.29, 0.717) is 18.7 Å². The fourth-order valence-electron chi connectivity index (χ4n) is 1.71. The van der Waals surface area contributed by atoms with E-state index in [1.54, 1.807) is 0 Å². The van der Waals surface area contributed by atoms with Crippen LogP contribution in [0.25, 0.3) is 0 Å². The van der Waals surface area contributed by atoms with E-state index in [4.69, 9.17) is 9.52 Å². The molecule has 0 aromatic carbocycles. The topological polar surface area (TPSA) is 97.5 Å². The Kier molecular flexibility index (Phi) is 2.71. The summed E-state index contributed by atoms with van der Waals surface area (Å²) in [7, 11) is -2.92. The molecule has 1 aromatic heterocycles. The molecule has 0 radical (unpaired) electrons. The summed E-state index contributed by atoms with van der Waals surface area (Å²) in [4.78, 5) is 14.4. The molecule has 16 heavy (non-hydrogen) atoms. The first kappa shape index (κ1) is 11.1. The molecule has 1 N–H and O–H groups in total. The number of oxazole rings is 1. The second-order valence-electron chi connectivity index (χ2n) is 3.79. The minimum atomic E-state index is -2.92. The third-order valence-electron chi connectivity index (χ3n) is 2.64. The van der Waals surface area contributed by atoms with Gasteiger partial charge in [-0.15, -0.1) is 0 Å². The molecule has 0 aliphatic carbocycles. The highest BCUT2D eigenvalue weighted by atomic mass is 32.2. The number of carboxylic acids is 1. The highest BCUT2D eigenvalue weighted by Gasteiger charge is 2.28. The molecule has 7 heteroatoms. The number of rotatable bonds is 2. The van der Waals surface area contributed by atoms with Gasteiger partial charge in [0.05, 0.1) is 17.7 Å². The molecule has 0 spiro atoms. The van der Waals surface area contributed by atoms with Gasteiger partial charge in [-0.2, -0.15) is 0 Å². The highest BCUT2D eigenvalue weighted by molar-refractivity contribution is 7.91. The normalized spacial score (nSPS) is 20.8. The van der Waals surface area contributed by atoms with Gasteiger partial charge in [0.2, 0.25) is 5.76 Å². The van der Waals surface area contributed by atoms with Crippen LogP contribution < -0.4 is 0 Å². The zero-order valence-electron chi connectivity index (χ0n) is 8.42. The average Bonchev–Trinajstić information content (AvgIpc) is 2.66. The largest absolute Gasteiger partial charge is 0.475 e. The minimum absolute atomic E-state index is 0.0865. The molecule has 2 rings (SSSR count). The summed E-state index contributed by atoms with van der Waals surface area (Å²) in [6.07, 6.45) is 2.05. The Hall–Kier alpha value is -1.37. The Morgan fingerprint density at radius 3 is 2.56 bits per heavy atom. The van der Waals surface area contributed by atoms with Crippen molar-refractivity contribution < 1.29 is 22.7 Å². The molecule has 0 amide bonds. The fraction of sp³-hybridized carbons (Fsp3) is 0.556. The van der Waals surface area contributed by atoms with E-state index in [0.717, 1.165) is 6.20 Å². The van der Waals surface area contributed by atoms with E-state index in [1.165, 1.54) is 0 Å². The standard InChI is InChI=1S/C9H11NO5S/c11-9(12)7-5-10-8(15-7)6-1-3-16(13,14)4-2-6/h5-6H,1-4H2,(H,11,12). The lowest BCUT2D eigenvalue weighted by Gasteiger charge is -2.18. The zero-order chi connectivity index (χ0) is 11.8. The lowest BCUT2D eigenvalue weighted by Crippen LogP contribution is -2.22. The van der Waals surface area contributed by atoms with Crippen molar-refractivity contribution in [3.05, 3.63) is 17.8 Å². The lowest BCUT2D eigenvalue weighted by molar-refractivity contribution is 0.0659. The molecule has 1 aliphatic rings. The molecule has 1 fully saturated rings. The monoisotopic (exact) mass is 245 g/mol. The van der Waals surface area contributed by atoms with E-state index < -0.39 is 15.8 Å². The van der Waals surface area contributed by atoms with Crippen LogP contribution in [0.2, 0.25) is 0 Å². The van der Waals surface area contributed by atoms with Gasteiger partial charge in [-0.05, 0) is 12.8 Å². The van der Waals surface area contributed by atoms with Gasteiger partial charge >= 0.3 is 5.97 Å². The van der Waals surface area contributed by atoms with E-state index in [-0.39, 0.29) is 23.2 Å². The van der Waals surface area contributed by atoms with Gasteiger partial charge in [-0.1, -0.05) is 0 Å². The number of carboxylic acid groups (broad SMARTS) is 1. The SMILES string of the molecule is O=C(O)c1cnc(C2CCS(=O)(=O)CC2)o1. The van der Waals surface area contributed by atoms with Crippen LogP contribution >= 0.6 is 0 Å². The first-order valence-corrected chi connectivity index (χ1v) is 6.69. The number of hydrogen-bond acceptors (Lipinski definition) is 5. The molecule has 1 aromatic rings. The number of carbonyl (C=O) groups is 1. The van der Waals surface area contributed by atoms with Gasteiger partial charge < -0.3 is 9.52 Å². The molecule has 0 atom stereocenters. The van der Waals surface area contributed by atoms with Gasteiger partial charge in [0.15, 0.2) is 5.89 Å². The first-order chi connectivity index (χ1) is 7.48. The van der Waals surface area contributed by atoms with E-state index in [1.807, 2.05) is 0 Å². The molecule has 0 bridgehead atoms. The maximum Gasteiger partial charge on any atom is 0.373 e. The zero-order valence-corrected chi connectivity index (χ0v) is 9.24. The van der Waals surface area contributed by atoms with Crippen LogP contribution in [0.5, 0.6) is 0 Å². The van der Waals surface area contributed by atoms with Crippen LogP contribution in [-0.4, -0.2) is 36.0 Å². The fourth-order valence-corrected chi connectivity index (χ4v) is 3.20. The van der Waals surface area contributed by atoms with Crippen molar-refractivity contribution in [1.82, 2.24) is 4.98 Å². The van der Waals surface area contributed by atoms with Crippen molar-refractivity contribution in [2.45, 2.75) is 18.8 Å². The summed E-state index contributed by atoms with van der Waals surface area (Å²) in [5.41, 5.74) is 0. The van der Waals surface area contributed by atoms with E-state index in [2.05, 4.69) is 4.98 Å². The van der Waals surface area contributed by atoms with Crippen molar-refractivity contribution in [2.24, 2.45) is 0 Å². The third kappa shape index (κ3) is 2.24. The van der Waals surface area contributed by atoms with Crippen LogP contribution in [0.4, 0.5) is 0 Å². The predicted octanol–water partition coefficient (Wildman–Crippen LogP) is 0.665. The Labute approximate surface area is 92.2 Å². The molecule has 0 unspecified atom stereocenters. The van der Waals surface area contributed by atoms with E-state index >= 15 is 0 Å². The number of hydrogen-bond donors (Lipinski definition) is 1. The van der Waals surface area contributed by atoms with Gasteiger partial charge in [-0.3, -0.25) is 0 Å². The summed E-state index contributed by atoms with van der Waals surface area (Å²) in [5.74, 6) is -0.903. The average molecular weight is 245 g/mol. The molecule has 2 heterocycles. The number of sulfone groups is 1. The molecule has 0 saturated carbocycles. The Morgan fingerprint density at radius 2 is 2.06 bits per heavy atom. The summed E-state index contributed by atoms with van der Waals surface area (Å²) in [6.45, 7) is 0. The molecule has 6 nitrogen and oxygen atoms in total. The number of nitrogens with zero attached hydrogens (tertiary/aromatic N) is 1. The predicted molar refractivity (Wildman–Crippen MR) is 54.1 cm³/mol. The highest BCUT2D eigenvalue weighted by Crippen LogP contribution is 2.28. The first-order valence-electron chi connectivity index (χ1n) is 4.87. The number of aromatic carboxylic acids is 1. The van der Waals surface area contributed by atoms with Crippen molar-refractivity contribution in [3.63, 3.8) is 0 Å². The minimum Gasteiger partial charge on any atom is -0.475 e. The van der Waals surface area contributed by atoms with Gasteiger partial charge in [0, 0.05) is 5.92 Å². The van der Waals surface area contributed by atoms with E-state index in [9.17, 15) is 13.2 Å². The van der Waals surface area contributed by atoms with Crippen LogP contribution in [0.15, 0.2) is 10.6 Å². The maximum atomic E-state index is 11.2. The second-order valence-corrected chi connectivity index (χ2v) is 6.10. The number of aromatic nitrogens is 1. The van der Waals surface area contributed by atoms with Crippen LogP contribution in [-0.2, 0) is 9.84 Å². The molecule has 1 saturated heterocycles. The van der Waals surface area contributed by atoms with Crippen molar-refractivity contribution in [3.8, 4) is 0 Å². The Morgan fingerprint density at radius 1 is 1.44 bits per heavy atom. The van der Waals surface area contributed by atoms with Gasteiger partial charge in [0.1, 0.15) is 9.84 Å². The maximum absolute atomic E-state index is 11.2. The van der Waals surface area contributed by atoms with Crippen LogP contribution in [0.1, 0.15) is 35.2 Å². The van der Waals surface area contributed by atoms with Crippen molar-refractivity contribution >= 4 is 15.8 Å². The van der Waals surface area contributed by atoms with Crippen LogP contribution in [0.3, 0.4) is 0 Å². The van der Waals surface area contributed by atoms with Gasteiger partial charge in [-0.25, -0.2) is 18.2 Å². The molecule has 88 valence electrons. The Bertz CT molecular complexity index is 490. The summed E-state index contributed by atoms with van der Waals surface area (Å²) in [5, 5.41) is 8.65. The molecule has 1 aliphatic heterocycles. The molecular formula is C9H11NO5S. The quantitative estimate of drug-likeness (QED) is 0.822. The smallest absolute Gasteiger partial charge is 0.373 e. The van der Waals surface area contributed by atoms with Gasteiger partial charge in [0.25, 0.3) is 0 Å². The Balaban J connectivity index is 2.11. The summed E-state index contributed by atoms with van der Waals surface area (Å²) < 4.78 is 27.4. The second kappa shape index (κ2) is 3.89. The molecular weight excluding hydrogens is 234 g/mol. The van der Waals surface area contributed by atoms with Crippen LogP contribution in [0, 0.1) is 0 Å². The summed E-state index contributed by atoms with van der Waals surface area (Å²) >= 11 is 0. The van der Waals surface area contributed by atoms with Crippen molar-refractivity contribution in [1.29, 1.82) is 0 Å². The summed E-state index contributed by atoms with van der Waals surface area (Å²) in [6, 6.07) is 0. The third-order valence-corrected chi connectivity index (χ3v) is 4.35.